The lowest BCUT2D eigenvalue weighted by atomic mass is 10.0. The van der Waals surface area contributed by atoms with Crippen molar-refractivity contribution in [2.24, 2.45) is 0 Å². The Kier molecular flexibility index (Phi) is 7.33. The fourth-order valence-corrected chi connectivity index (χ4v) is 3.18. The van der Waals surface area contributed by atoms with Crippen molar-refractivity contribution in [2.75, 3.05) is 25.1 Å². The highest BCUT2D eigenvalue weighted by atomic mass is 16.5. The molecule has 3 aromatic rings. The minimum Gasteiger partial charge on any atom is -0.490 e. The van der Waals surface area contributed by atoms with Crippen LogP contribution in [0.1, 0.15) is 31.1 Å². The third-order valence-corrected chi connectivity index (χ3v) is 4.43. The highest BCUT2D eigenvalue weighted by Gasteiger charge is 2.19. The second kappa shape index (κ2) is 10.3. The van der Waals surface area contributed by atoms with Crippen LogP contribution in [0.2, 0.25) is 0 Å². The zero-order chi connectivity index (χ0) is 21.3. The van der Waals surface area contributed by atoms with E-state index >= 15 is 0 Å². The number of hydrogen-bond acceptors (Lipinski definition) is 4. The first-order chi connectivity index (χ1) is 14.7. The van der Waals surface area contributed by atoms with E-state index in [9.17, 15) is 4.79 Å². The summed E-state index contributed by atoms with van der Waals surface area (Å²) in [6.07, 6.45) is 0. The lowest BCUT2D eigenvalue weighted by Gasteiger charge is -2.17. The fraction of sp³-hybridized carbons (Fsp3) is 0.240. The van der Waals surface area contributed by atoms with Gasteiger partial charge in [0.2, 0.25) is 5.75 Å². The van der Waals surface area contributed by atoms with E-state index in [1.807, 2.05) is 75.4 Å². The van der Waals surface area contributed by atoms with E-state index in [0.29, 0.717) is 42.6 Å². The topological polar surface area (TPSA) is 56.8 Å². The molecular formula is C25H27NO4. The molecule has 1 amide bonds. The Labute approximate surface area is 177 Å². The first-order valence-electron chi connectivity index (χ1n) is 10.2. The summed E-state index contributed by atoms with van der Waals surface area (Å²) in [6, 6.07) is 21.1. The maximum absolute atomic E-state index is 13.1. The van der Waals surface area contributed by atoms with Gasteiger partial charge in [0, 0.05) is 16.8 Å². The Morgan fingerprint density at radius 2 is 1.33 bits per heavy atom. The molecule has 1 N–H and O–H groups in total. The predicted octanol–water partition coefficient (Wildman–Crippen LogP) is 5.80. The van der Waals surface area contributed by atoms with Crippen molar-refractivity contribution < 1.29 is 19.0 Å². The largest absolute Gasteiger partial charge is 0.490 e. The molecule has 0 atom stereocenters. The van der Waals surface area contributed by atoms with Gasteiger partial charge in [-0.15, -0.1) is 0 Å². The van der Waals surface area contributed by atoms with Gasteiger partial charge in [-0.05, 0) is 44.5 Å². The van der Waals surface area contributed by atoms with Gasteiger partial charge in [0.05, 0.1) is 19.8 Å². The van der Waals surface area contributed by atoms with Crippen molar-refractivity contribution in [3.63, 3.8) is 0 Å². The first kappa shape index (κ1) is 21.2. The van der Waals surface area contributed by atoms with E-state index in [0.717, 1.165) is 16.8 Å². The van der Waals surface area contributed by atoms with Gasteiger partial charge in [-0.2, -0.15) is 0 Å². The van der Waals surface area contributed by atoms with Gasteiger partial charge in [-0.25, -0.2) is 0 Å². The molecule has 5 nitrogen and oxygen atoms in total. The third-order valence-electron chi connectivity index (χ3n) is 4.43. The molecule has 0 spiro atoms. The summed E-state index contributed by atoms with van der Waals surface area (Å²) < 4.78 is 17.2. The molecule has 5 heteroatoms. The molecule has 3 aromatic carbocycles. The Morgan fingerprint density at radius 3 is 1.93 bits per heavy atom. The molecule has 0 radical (unpaired) electrons. The second-order valence-electron chi connectivity index (χ2n) is 6.47. The summed E-state index contributed by atoms with van der Waals surface area (Å²) in [5.74, 6) is 1.25. The summed E-state index contributed by atoms with van der Waals surface area (Å²) in [4.78, 5) is 13.1. The van der Waals surface area contributed by atoms with E-state index in [4.69, 9.17) is 14.2 Å². The minimum absolute atomic E-state index is 0.247. The van der Waals surface area contributed by atoms with Crippen LogP contribution in [-0.4, -0.2) is 25.7 Å². The first-order valence-corrected chi connectivity index (χ1v) is 10.2. The molecule has 0 aliphatic carbocycles. The van der Waals surface area contributed by atoms with Crippen molar-refractivity contribution in [2.45, 2.75) is 20.8 Å². The molecule has 0 saturated carbocycles. The van der Waals surface area contributed by atoms with Crippen molar-refractivity contribution >= 4 is 11.6 Å². The number of ether oxygens (including phenoxy) is 3. The van der Waals surface area contributed by atoms with E-state index < -0.39 is 0 Å². The van der Waals surface area contributed by atoms with Crippen molar-refractivity contribution in [3.8, 4) is 28.4 Å². The number of amides is 1. The summed E-state index contributed by atoms with van der Waals surface area (Å²) in [5.41, 5.74) is 3.16. The van der Waals surface area contributed by atoms with E-state index in [1.165, 1.54) is 0 Å². The smallest absolute Gasteiger partial charge is 0.255 e. The van der Waals surface area contributed by atoms with Gasteiger partial charge in [-0.3, -0.25) is 4.79 Å². The molecule has 156 valence electrons. The SMILES string of the molecule is CCOc1cc(C(=O)Nc2ccccc2-c2ccccc2)cc(OCC)c1OCC. The number of anilines is 1. The normalized spacial score (nSPS) is 10.4. The van der Waals surface area contributed by atoms with Crippen molar-refractivity contribution in [1.82, 2.24) is 0 Å². The number of para-hydroxylation sites is 1. The quantitative estimate of drug-likeness (QED) is 0.489. The van der Waals surface area contributed by atoms with Crippen LogP contribution in [0.15, 0.2) is 66.7 Å². The van der Waals surface area contributed by atoms with Crippen LogP contribution in [0.5, 0.6) is 17.2 Å². The van der Waals surface area contributed by atoms with Crippen LogP contribution in [0.4, 0.5) is 5.69 Å². The summed E-state index contributed by atoms with van der Waals surface area (Å²) in [7, 11) is 0. The third kappa shape index (κ3) is 4.92. The maximum Gasteiger partial charge on any atom is 0.255 e. The fourth-order valence-electron chi connectivity index (χ4n) is 3.18. The van der Waals surface area contributed by atoms with E-state index in [2.05, 4.69) is 5.32 Å². The van der Waals surface area contributed by atoms with E-state index in [-0.39, 0.29) is 5.91 Å². The summed E-state index contributed by atoms with van der Waals surface area (Å²) >= 11 is 0. The lowest BCUT2D eigenvalue weighted by molar-refractivity contribution is 0.102. The molecular weight excluding hydrogens is 378 g/mol. The van der Waals surface area contributed by atoms with Crippen LogP contribution in [0, 0.1) is 0 Å². The van der Waals surface area contributed by atoms with Crippen molar-refractivity contribution in [1.29, 1.82) is 0 Å². The standard InChI is InChI=1S/C25H27NO4/c1-4-28-22-16-19(17-23(29-5-2)24(22)30-6-3)25(27)26-21-15-11-10-14-20(21)18-12-8-7-9-13-18/h7-17H,4-6H2,1-3H3,(H,26,27). The molecule has 0 bridgehead atoms. The molecule has 0 aliphatic rings. The van der Waals surface area contributed by atoms with Gasteiger partial charge in [0.1, 0.15) is 0 Å². The van der Waals surface area contributed by atoms with Gasteiger partial charge in [0.15, 0.2) is 11.5 Å². The molecule has 0 saturated heterocycles. The van der Waals surface area contributed by atoms with Gasteiger partial charge in [-0.1, -0.05) is 48.5 Å². The van der Waals surface area contributed by atoms with Crippen LogP contribution >= 0.6 is 0 Å². The number of nitrogens with one attached hydrogen (secondary N) is 1. The number of rotatable bonds is 9. The molecule has 0 unspecified atom stereocenters. The number of hydrogen-bond donors (Lipinski definition) is 1. The number of benzene rings is 3. The molecule has 0 fully saturated rings. The van der Waals surface area contributed by atoms with Crippen LogP contribution < -0.4 is 19.5 Å². The molecule has 0 aromatic heterocycles. The molecule has 0 aliphatic heterocycles. The lowest BCUT2D eigenvalue weighted by Crippen LogP contribution is -2.14. The zero-order valence-corrected chi connectivity index (χ0v) is 17.6. The predicted molar refractivity (Wildman–Crippen MR) is 120 cm³/mol. The zero-order valence-electron chi connectivity index (χ0n) is 17.6. The Morgan fingerprint density at radius 1 is 0.767 bits per heavy atom. The highest BCUT2D eigenvalue weighted by Crippen LogP contribution is 2.39. The molecule has 3 rings (SSSR count). The second-order valence-corrected chi connectivity index (χ2v) is 6.47. The van der Waals surface area contributed by atoms with Gasteiger partial charge in [0.25, 0.3) is 5.91 Å². The molecule has 0 heterocycles. The monoisotopic (exact) mass is 405 g/mol. The summed E-state index contributed by atoms with van der Waals surface area (Å²) in [6.45, 7) is 7.04. The average molecular weight is 405 g/mol. The van der Waals surface area contributed by atoms with E-state index in [1.54, 1.807) is 12.1 Å². The van der Waals surface area contributed by atoms with Crippen LogP contribution in [0.25, 0.3) is 11.1 Å². The minimum atomic E-state index is -0.247. The molecule has 30 heavy (non-hydrogen) atoms. The van der Waals surface area contributed by atoms with Crippen LogP contribution in [0.3, 0.4) is 0 Å². The van der Waals surface area contributed by atoms with Crippen molar-refractivity contribution in [3.05, 3.63) is 72.3 Å². The highest BCUT2D eigenvalue weighted by molar-refractivity contribution is 6.07. The Balaban J connectivity index is 1.96. The average Bonchev–Trinajstić information content (AvgIpc) is 2.77. The van der Waals surface area contributed by atoms with Gasteiger partial charge >= 0.3 is 0 Å². The number of carbonyl (C=O) groups excluding carboxylic acids is 1. The number of carbonyl (C=O) groups is 1. The summed E-state index contributed by atoms with van der Waals surface area (Å²) in [5, 5.41) is 3.02. The van der Waals surface area contributed by atoms with Gasteiger partial charge < -0.3 is 19.5 Å². The van der Waals surface area contributed by atoms with Crippen LogP contribution in [-0.2, 0) is 0 Å². The Hall–Kier alpha value is -3.47. The maximum atomic E-state index is 13.1. The Bertz CT molecular complexity index is 958.